The number of carbonyl (C=O) groups is 1. The Bertz CT molecular complexity index is 870. The maximum atomic E-state index is 12.0. The largest absolute Gasteiger partial charge is 0.416 e. The van der Waals surface area contributed by atoms with Crippen LogP contribution in [0.25, 0.3) is 0 Å². The Kier molecular flexibility index (Phi) is 6.30. The van der Waals surface area contributed by atoms with Crippen LogP contribution < -0.4 is 5.32 Å². The second-order valence-corrected chi connectivity index (χ2v) is 7.13. The third-order valence-corrected chi connectivity index (χ3v) is 4.92. The standard InChI is InChI=1S/C19H18ClN3O2S/c1-13(14-7-3-2-4-8-14)11-18-22-23-19(25-18)26-12-17(24)21-16-10-6-5-9-15(16)20/h2-10,13H,11-12H2,1H3,(H,21,24). The van der Waals surface area contributed by atoms with Crippen LogP contribution in [-0.4, -0.2) is 21.9 Å². The van der Waals surface area contributed by atoms with E-state index >= 15 is 0 Å². The molecule has 134 valence electrons. The summed E-state index contributed by atoms with van der Waals surface area (Å²) in [6, 6.07) is 17.3. The Hall–Kier alpha value is -2.31. The van der Waals surface area contributed by atoms with E-state index in [4.69, 9.17) is 16.0 Å². The molecule has 0 bridgehead atoms. The highest BCUT2D eigenvalue weighted by molar-refractivity contribution is 7.99. The number of nitrogens with one attached hydrogen (secondary N) is 1. The normalized spacial score (nSPS) is 11.9. The molecule has 1 atom stereocenters. The first-order chi connectivity index (χ1) is 12.6. The molecule has 0 aliphatic heterocycles. The molecule has 26 heavy (non-hydrogen) atoms. The van der Waals surface area contributed by atoms with E-state index in [1.165, 1.54) is 17.3 Å². The maximum absolute atomic E-state index is 12.0. The lowest BCUT2D eigenvalue weighted by atomic mass is 9.98. The van der Waals surface area contributed by atoms with Crippen molar-refractivity contribution in [2.24, 2.45) is 0 Å². The second-order valence-electron chi connectivity index (χ2n) is 5.79. The average molecular weight is 388 g/mol. The topological polar surface area (TPSA) is 68.0 Å². The molecule has 0 fully saturated rings. The lowest BCUT2D eigenvalue weighted by molar-refractivity contribution is -0.113. The van der Waals surface area contributed by atoms with Crippen LogP contribution in [0.1, 0.15) is 24.3 Å². The molecule has 0 saturated heterocycles. The lowest BCUT2D eigenvalue weighted by Gasteiger charge is -2.08. The summed E-state index contributed by atoms with van der Waals surface area (Å²) in [7, 11) is 0. The Morgan fingerprint density at radius 3 is 2.65 bits per heavy atom. The van der Waals surface area contributed by atoms with Crippen LogP contribution in [0.2, 0.25) is 5.02 Å². The van der Waals surface area contributed by atoms with E-state index in [2.05, 4.69) is 34.6 Å². The number of aromatic nitrogens is 2. The molecule has 3 aromatic rings. The number of nitrogens with zero attached hydrogens (tertiary/aromatic N) is 2. The van der Waals surface area contributed by atoms with E-state index in [1.807, 2.05) is 30.3 Å². The van der Waals surface area contributed by atoms with Gasteiger partial charge in [-0.25, -0.2) is 0 Å². The van der Waals surface area contributed by atoms with E-state index in [-0.39, 0.29) is 17.6 Å². The number of halogens is 1. The fourth-order valence-corrected chi connectivity index (χ4v) is 3.18. The third-order valence-electron chi connectivity index (χ3n) is 3.77. The predicted molar refractivity (Wildman–Crippen MR) is 104 cm³/mol. The van der Waals surface area contributed by atoms with Crippen molar-refractivity contribution in [3.05, 3.63) is 71.1 Å². The highest BCUT2D eigenvalue weighted by atomic mass is 35.5. The summed E-state index contributed by atoms with van der Waals surface area (Å²) in [5.74, 6) is 0.829. The SMILES string of the molecule is CC(Cc1nnc(SCC(=O)Nc2ccccc2Cl)o1)c1ccccc1. The van der Waals surface area contributed by atoms with Gasteiger partial charge in [-0.15, -0.1) is 10.2 Å². The van der Waals surface area contributed by atoms with Crippen molar-refractivity contribution in [1.82, 2.24) is 10.2 Å². The maximum Gasteiger partial charge on any atom is 0.277 e. The number of thioether (sulfide) groups is 1. The smallest absolute Gasteiger partial charge is 0.277 e. The van der Waals surface area contributed by atoms with Gasteiger partial charge in [0, 0.05) is 6.42 Å². The summed E-state index contributed by atoms with van der Waals surface area (Å²) >= 11 is 7.23. The molecular formula is C19H18ClN3O2S. The first-order valence-electron chi connectivity index (χ1n) is 8.16. The van der Waals surface area contributed by atoms with Crippen molar-refractivity contribution in [1.29, 1.82) is 0 Å². The van der Waals surface area contributed by atoms with Crippen LogP contribution in [-0.2, 0) is 11.2 Å². The first-order valence-corrected chi connectivity index (χ1v) is 9.52. The van der Waals surface area contributed by atoms with E-state index in [0.29, 0.717) is 28.2 Å². The number of anilines is 1. The van der Waals surface area contributed by atoms with Crippen LogP contribution in [0.3, 0.4) is 0 Å². The van der Waals surface area contributed by atoms with E-state index in [9.17, 15) is 4.79 Å². The number of hydrogen-bond donors (Lipinski definition) is 1. The molecule has 5 nitrogen and oxygen atoms in total. The minimum atomic E-state index is -0.180. The van der Waals surface area contributed by atoms with Gasteiger partial charge in [0.05, 0.1) is 16.5 Å². The van der Waals surface area contributed by atoms with Gasteiger partial charge >= 0.3 is 0 Å². The quantitative estimate of drug-likeness (QED) is 0.590. The summed E-state index contributed by atoms with van der Waals surface area (Å²) in [5, 5.41) is 11.7. The van der Waals surface area contributed by atoms with Crippen LogP contribution in [0.4, 0.5) is 5.69 Å². The molecule has 1 N–H and O–H groups in total. The van der Waals surface area contributed by atoms with Crippen molar-refractivity contribution in [2.45, 2.75) is 24.5 Å². The minimum absolute atomic E-state index is 0.168. The van der Waals surface area contributed by atoms with Gasteiger partial charge in [0.2, 0.25) is 11.8 Å². The van der Waals surface area contributed by atoms with Crippen molar-refractivity contribution in [2.75, 3.05) is 11.1 Å². The van der Waals surface area contributed by atoms with Gasteiger partial charge in [-0.3, -0.25) is 4.79 Å². The van der Waals surface area contributed by atoms with Crippen molar-refractivity contribution in [3.8, 4) is 0 Å². The molecule has 1 unspecified atom stereocenters. The Morgan fingerprint density at radius 2 is 1.88 bits per heavy atom. The van der Waals surface area contributed by atoms with Gasteiger partial charge in [0.1, 0.15) is 0 Å². The Labute approximate surface area is 161 Å². The van der Waals surface area contributed by atoms with Crippen molar-refractivity contribution >= 4 is 35.0 Å². The number of rotatable bonds is 7. The zero-order valence-corrected chi connectivity index (χ0v) is 15.8. The van der Waals surface area contributed by atoms with Crippen LogP contribution in [0.15, 0.2) is 64.2 Å². The van der Waals surface area contributed by atoms with Gasteiger partial charge in [-0.2, -0.15) is 0 Å². The zero-order valence-electron chi connectivity index (χ0n) is 14.2. The molecular weight excluding hydrogens is 370 g/mol. The highest BCUT2D eigenvalue weighted by Gasteiger charge is 2.14. The summed E-state index contributed by atoms with van der Waals surface area (Å²) in [6.45, 7) is 2.11. The van der Waals surface area contributed by atoms with Crippen LogP contribution in [0.5, 0.6) is 0 Å². The highest BCUT2D eigenvalue weighted by Crippen LogP contribution is 2.24. The Morgan fingerprint density at radius 1 is 1.15 bits per heavy atom. The fourth-order valence-electron chi connectivity index (χ4n) is 2.42. The molecule has 2 aromatic carbocycles. The van der Waals surface area contributed by atoms with Gasteiger partial charge in [-0.1, -0.05) is 72.8 Å². The Balaban J connectivity index is 1.51. The molecule has 1 aromatic heterocycles. The molecule has 3 rings (SSSR count). The summed E-state index contributed by atoms with van der Waals surface area (Å²) in [6.07, 6.45) is 0.656. The molecule has 0 saturated carbocycles. The molecule has 0 aliphatic carbocycles. The number of benzene rings is 2. The summed E-state index contributed by atoms with van der Waals surface area (Å²) in [5.41, 5.74) is 1.81. The summed E-state index contributed by atoms with van der Waals surface area (Å²) < 4.78 is 5.63. The molecule has 0 radical (unpaired) electrons. The minimum Gasteiger partial charge on any atom is -0.416 e. The molecule has 1 heterocycles. The van der Waals surface area contributed by atoms with Crippen molar-refractivity contribution < 1.29 is 9.21 Å². The van der Waals surface area contributed by atoms with E-state index in [0.717, 1.165) is 0 Å². The second kappa shape index (κ2) is 8.87. The van der Waals surface area contributed by atoms with E-state index < -0.39 is 0 Å². The molecule has 7 heteroatoms. The van der Waals surface area contributed by atoms with Gasteiger partial charge < -0.3 is 9.73 Å². The monoisotopic (exact) mass is 387 g/mol. The number of para-hydroxylation sites is 1. The zero-order chi connectivity index (χ0) is 18.4. The fraction of sp³-hybridized carbons (Fsp3) is 0.211. The molecule has 1 amide bonds. The summed E-state index contributed by atoms with van der Waals surface area (Å²) in [4.78, 5) is 12.0. The number of amides is 1. The predicted octanol–water partition coefficient (Wildman–Crippen LogP) is 4.80. The molecule has 0 aliphatic rings. The van der Waals surface area contributed by atoms with Crippen LogP contribution in [0, 0.1) is 0 Å². The molecule has 0 spiro atoms. The number of carbonyl (C=O) groups excluding carboxylic acids is 1. The van der Waals surface area contributed by atoms with Gasteiger partial charge in [0.15, 0.2) is 0 Å². The van der Waals surface area contributed by atoms with Gasteiger partial charge in [-0.05, 0) is 23.6 Å². The van der Waals surface area contributed by atoms with Gasteiger partial charge in [0.25, 0.3) is 5.22 Å². The lowest BCUT2D eigenvalue weighted by Crippen LogP contribution is -2.14. The average Bonchev–Trinajstić information content (AvgIpc) is 3.10. The van der Waals surface area contributed by atoms with Crippen molar-refractivity contribution in [3.63, 3.8) is 0 Å². The van der Waals surface area contributed by atoms with E-state index in [1.54, 1.807) is 12.1 Å². The van der Waals surface area contributed by atoms with Crippen LogP contribution >= 0.6 is 23.4 Å². The first kappa shape index (κ1) is 18.5. The third kappa shape index (κ3) is 5.09. The number of hydrogen-bond acceptors (Lipinski definition) is 5.